The van der Waals surface area contributed by atoms with Gasteiger partial charge in [0.05, 0.1) is 10.4 Å². The number of halogens is 1. The quantitative estimate of drug-likeness (QED) is 0.222. The number of para-hydroxylation sites is 1. The van der Waals surface area contributed by atoms with Gasteiger partial charge in [-0.15, -0.1) is 0 Å². The van der Waals surface area contributed by atoms with Gasteiger partial charge in [0.2, 0.25) is 16.0 Å². The first-order valence-electron chi connectivity index (χ1n) is 13.7. The van der Waals surface area contributed by atoms with E-state index < -0.39 is 10.0 Å². The molecular formula is C30H35BrN6O2S. The monoisotopic (exact) mass is 622 g/mol. The summed E-state index contributed by atoms with van der Waals surface area (Å²) in [5.74, 6) is 2.39. The van der Waals surface area contributed by atoms with Crippen molar-refractivity contribution in [3.8, 4) is 0 Å². The van der Waals surface area contributed by atoms with Crippen LogP contribution in [0.1, 0.15) is 31.4 Å². The van der Waals surface area contributed by atoms with Gasteiger partial charge in [0.25, 0.3) is 0 Å². The van der Waals surface area contributed by atoms with Gasteiger partial charge >= 0.3 is 0 Å². The number of hydrogen-bond donors (Lipinski definition) is 2. The minimum atomic E-state index is -3.49. The highest BCUT2D eigenvalue weighted by Gasteiger charge is 2.24. The van der Waals surface area contributed by atoms with Crippen molar-refractivity contribution >= 4 is 48.6 Å². The minimum Gasteiger partial charge on any atom is -0.359 e. The van der Waals surface area contributed by atoms with Crippen molar-refractivity contribution in [1.82, 2.24) is 19.7 Å². The normalized spacial score (nSPS) is 17.6. The summed E-state index contributed by atoms with van der Waals surface area (Å²) in [6.45, 7) is 2.07. The Labute approximate surface area is 244 Å². The molecule has 1 saturated carbocycles. The number of nitrogens with zero attached hydrogens (tertiary/aromatic N) is 4. The molecular weight excluding hydrogens is 588 g/mol. The highest BCUT2D eigenvalue weighted by Crippen LogP contribution is 2.30. The average molecular weight is 624 g/mol. The molecule has 2 heterocycles. The Bertz CT molecular complexity index is 1510. The van der Waals surface area contributed by atoms with Gasteiger partial charge in [-0.2, -0.15) is 4.98 Å². The summed E-state index contributed by atoms with van der Waals surface area (Å²) in [5, 5.41) is 4.53. The topological polar surface area (TPSA) is 100 Å². The number of anilines is 2. The SMILES string of the molecule is CN(CCc1ccccn1)c1nc(NCC2CCC(CNS(=O)(=O)c3ccc(Br)cc3)CC2)nc2ccccc12. The summed E-state index contributed by atoms with van der Waals surface area (Å²) in [6, 6.07) is 20.8. The van der Waals surface area contributed by atoms with Gasteiger partial charge in [0.15, 0.2) is 0 Å². The van der Waals surface area contributed by atoms with Crippen molar-refractivity contribution in [3.05, 3.63) is 83.1 Å². The maximum Gasteiger partial charge on any atom is 0.240 e. The van der Waals surface area contributed by atoms with Crippen LogP contribution < -0.4 is 14.9 Å². The van der Waals surface area contributed by atoms with E-state index in [4.69, 9.17) is 9.97 Å². The molecule has 4 aromatic rings. The molecule has 0 amide bonds. The van der Waals surface area contributed by atoms with Crippen LogP contribution in [0.3, 0.4) is 0 Å². The fourth-order valence-electron chi connectivity index (χ4n) is 5.16. The molecule has 40 heavy (non-hydrogen) atoms. The molecule has 0 radical (unpaired) electrons. The van der Waals surface area contributed by atoms with Crippen LogP contribution in [-0.2, 0) is 16.4 Å². The molecule has 2 aromatic heterocycles. The van der Waals surface area contributed by atoms with Crippen LogP contribution in [0.5, 0.6) is 0 Å². The second kappa shape index (κ2) is 13.1. The second-order valence-corrected chi connectivity index (χ2v) is 13.1. The minimum absolute atomic E-state index is 0.297. The van der Waals surface area contributed by atoms with Crippen molar-refractivity contribution in [2.24, 2.45) is 11.8 Å². The summed E-state index contributed by atoms with van der Waals surface area (Å²) >= 11 is 3.35. The summed E-state index contributed by atoms with van der Waals surface area (Å²) < 4.78 is 28.9. The molecule has 1 aliphatic rings. The molecule has 0 atom stereocenters. The molecule has 0 spiro atoms. The fraction of sp³-hybridized carbons (Fsp3) is 0.367. The van der Waals surface area contributed by atoms with E-state index in [1.807, 2.05) is 42.6 Å². The molecule has 5 rings (SSSR count). The maximum atomic E-state index is 12.6. The summed E-state index contributed by atoms with van der Waals surface area (Å²) in [6.07, 6.45) is 6.74. The summed E-state index contributed by atoms with van der Waals surface area (Å²) in [5.41, 5.74) is 1.98. The number of aromatic nitrogens is 3. The average Bonchev–Trinajstić information content (AvgIpc) is 2.98. The van der Waals surface area contributed by atoms with Crippen LogP contribution in [-0.4, -0.2) is 50.1 Å². The van der Waals surface area contributed by atoms with E-state index in [0.29, 0.717) is 29.2 Å². The van der Waals surface area contributed by atoms with Gasteiger partial charge in [0, 0.05) is 54.9 Å². The molecule has 1 aliphatic carbocycles. The van der Waals surface area contributed by atoms with Gasteiger partial charge < -0.3 is 10.2 Å². The van der Waals surface area contributed by atoms with E-state index in [1.54, 1.807) is 24.3 Å². The predicted molar refractivity (Wildman–Crippen MR) is 164 cm³/mol. The summed E-state index contributed by atoms with van der Waals surface area (Å²) in [7, 11) is -1.43. The number of pyridine rings is 1. The zero-order chi connectivity index (χ0) is 28.0. The van der Waals surface area contributed by atoms with E-state index in [0.717, 1.165) is 72.1 Å². The highest BCUT2D eigenvalue weighted by molar-refractivity contribution is 9.10. The van der Waals surface area contributed by atoms with Gasteiger partial charge in [-0.25, -0.2) is 18.1 Å². The smallest absolute Gasteiger partial charge is 0.240 e. The number of likely N-dealkylation sites (N-methyl/N-ethyl adjacent to an activating group) is 1. The van der Waals surface area contributed by atoms with Crippen LogP contribution in [0.2, 0.25) is 0 Å². The molecule has 0 unspecified atom stereocenters. The first kappa shape index (κ1) is 28.4. The first-order valence-corrected chi connectivity index (χ1v) is 16.0. The highest BCUT2D eigenvalue weighted by atomic mass is 79.9. The van der Waals surface area contributed by atoms with Crippen LogP contribution in [0.25, 0.3) is 10.9 Å². The standard InChI is InChI=1S/C30H35BrN6O2S/c1-37(19-17-25-6-4-5-18-32-25)29-27-7-2-3-8-28(27)35-30(36-29)33-20-22-9-11-23(12-10-22)21-34-40(38,39)26-15-13-24(31)14-16-26/h2-8,13-16,18,22-23,34H,9-12,17,19-21H2,1H3,(H,33,35,36). The van der Waals surface area contributed by atoms with Crippen LogP contribution >= 0.6 is 15.9 Å². The van der Waals surface area contributed by atoms with Gasteiger partial charge in [0.1, 0.15) is 5.82 Å². The zero-order valence-corrected chi connectivity index (χ0v) is 25.0. The third kappa shape index (κ3) is 7.35. The maximum absolute atomic E-state index is 12.6. The largest absolute Gasteiger partial charge is 0.359 e. The van der Waals surface area contributed by atoms with Gasteiger partial charge in [-0.1, -0.05) is 34.1 Å². The van der Waals surface area contributed by atoms with E-state index in [1.165, 1.54) is 0 Å². The molecule has 0 bridgehead atoms. The zero-order valence-electron chi connectivity index (χ0n) is 22.6. The lowest BCUT2D eigenvalue weighted by Gasteiger charge is -2.29. The fourth-order valence-corrected chi connectivity index (χ4v) is 6.54. The lowest BCUT2D eigenvalue weighted by molar-refractivity contribution is 0.284. The van der Waals surface area contributed by atoms with Gasteiger partial charge in [-0.3, -0.25) is 4.98 Å². The van der Waals surface area contributed by atoms with E-state index in [-0.39, 0.29) is 0 Å². The molecule has 10 heteroatoms. The number of rotatable bonds is 11. The van der Waals surface area contributed by atoms with Gasteiger partial charge in [-0.05, 0) is 86.1 Å². The Hall–Kier alpha value is -3.08. The van der Waals surface area contributed by atoms with Crippen molar-refractivity contribution in [3.63, 3.8) is 0 Å². The third-order valence-electron chi connectivity index (χ3n) is 7.58. The predicted octanol–water partition coefficient (Wildman–Crippen LogP) is 5.66. The molecule has 8 nitrogen and oxygen atoms in total. The molecule has 2 N–H and O–H groups in total. The van der Waals surface area contributed by atoms with Crippen molar-refractivity contribution in [1.29, 1.82) is 0 Å². The number of sulfonamides is 1. The molecule has 0 aliphatic heterocycles. The Morgan fingerprint density at radius 3 is 2.33 bits per heavy atom. The Balaban J connectivity index is 1.15. The van der Waals surface area contributed by atoms with E-state index in [2.05, 4.69) is 49.0 Å². The molecule has 210 valence electrons. The first-order chi connectivity index (χ1) is 19.4. The van der Waals surface area contributed by atoms with E-state index in [9.17, 15) is 8.42 Å². The summed E-state index contributed by atoms with van der Waals surface area (Å²) in [4.78, 5) is 16.6. The molecule has 2 aromatic carbocycles. The van der Waals surface area contributed by atoms with Crippen molar-refractivity contribution < 1.29 is 8.42 Å². The second-order valence-electron chi connectivity index (χ2n) is 10.5. The van der Waals surface area contributed by atoms with Crippen LogP contribution in [0, 0.1) is 11.8 Å². The van der Waals surface area contributed by atoms with E-state index >= 15 is 0 Å². The lowest BCUT2D eigenvalue weighted by Crippen LogP contribution is -2.32. The molecule has 1 fully saturated rings. The van der Waals surface area contributed by atoms with Crippen molar-refractivity contribution in [2.45, 2.75) is 37.0 Å². The van der Waals surface area contributed by atoms with Crippen LogP contribution in [0.4, 0.5) is 11.8 Å². The lowest BCUT2D eigenvalue weighted by atomic mass is 9.82. The van der Waals surface area contributed by atoms with Crippen LogP contribution in [0.15, 0.2) is 82.3 Å². The number of hydrogen-bond acceptors (Lipinski definition) is 7. The molecule has 0 saturated heterocycles. The third-order valence-corrected chi connectivity index (χ3v) is 9.54. The number of fused-ring (bicyclic) bond motifs is 1. The Morgan fingerprint density at radius 2 is 1.60 bits per heavy atom. The Morgan fingerprint density at radius 1 is 0.900 bits per heavy atom. The number of benzene rings is 2. The Kier molecular flexibility index (Phi) is 9.29. The van der Waals surface area contributed by atoms with Crippen molar-refractivity contribution in [2.75, 3.05) is 36.9 Å². The number of nitrogens with one attached hydrogen (secondary N) is 2.